The Labute approximate surface area is 71.9 Å². The van der Waals surface area contributed by atoms with E-state index in [9.17, 15) is 4.79 Å². The van der Waals surface area contributed by atoms with Crippen LogP contribution in [0.2, 0.25) is 0 Å². The van der Waals surface area contributed by atoms with Crippen LogP contribution in [0.15, 0.2) is 36.1 Å². The monoisotopic (exact) mass is 168 g/mol. The van der Waals surface area contributed by atoms with Crippen molar-refractivity contribution in [2.75, 3.05) is 6.61 Å². The van der Waals surface area contributed by atoms with Crippen LogP contribution < -0.4 is 5.73 Å². The molecule has 0 aliphatic heterocycles. The van der Waals surface area contributed by atoms with Gasteiger partial charge in [-0.2, -0.15) is 0 Å². The van der Waals surface area contributed by atoms with Gasteiger partial charge in [-0.15, -0.1) is 0 Å². The van der Waals surface area contributed by atoms with Crippen LogP contribution in [-0.4, -0.2) is 17.5 Å². The molecule has 0 radical (unpaired) electrons. The van der Waals surface area contributed by atoms with E-state index in [0.717, 1.165) is 0 Å². The van der Waals surface area contributed by atoms with Gasteiger partial charge >= 0.3 is 0 Å². The lowest BCUT2D eigenvalue weighted by Crippen LogP contribution is -2.05. The Balaban J connectivity index is 4.54. The first-order chi connectivity index (χ1) is 5.61. The van der Waals surface area contributed by atoms with Gasteiger partial charge in [0.1, 0.15) is 0 Å². The number of hydrogen-bond acceptors (Lipinski definition) is 2. The predicted octanol–water partition coefficient (Wildman–Crippen LogP) is 0.255. The van der Waals surface area contributed by atoms with Crippen molar-refractivity contribution in [3.8, 4) is 0 Å². The Hall–Kier alpha value is -1.35. The fourth-order valence-corrected chi connectivity index (χ4v) is 0.670. The summed E-state index contributed by atoms with van der Waals surface area (Å²) in [5.41, 5.74) is 6.15. The van der Waals surface area contributed by atoms with Crippen molar-refractivity contribution in [3.05, 3.63) is 36.1 Å². The van der Waals surface area contributed by atoms with Gasteiger partial charge in [0.15, 0.2) is 12.4 Å². The van der Waals surface area contributed by atoms with Crippen molar-refractivity contribution in [3.63, 3.8) is 0 Å². The van der Waals surface area contributed by atoms with Gasteiger partial charge in [0, 0.05) is 11.8 Å². The highest BCUT2D eigenvalue weighted by Gasteiger charge is 2.05. The second kappa shape index (κ2) is 5.32. The molecule has 0 spiro atoms. The van der Waals surface area contributed by atoms with E-state index in [1.54, 1.807) is 6.92 Å². The van der Waals surface area contributed by atoms with Crippen LogP contribution in [0, 0.1) is 0 Å². The lowest BCUT2D eigenvalue weighted by molar-refractivity contribution is -0.111. The first kappa shape index (κ1) is 10.7. The molecule has 0 fully saturated rings. The van der Waals surface area contributed by atoms with Crippen LogP contribution in [0.3, 0.4) is 0 Å². The highest BCUT2D eigenvalue weighted by atomic mass is 16.3. The van der Waals surface area contributed by atoms with Crippen molar-refractivity contribution < 1.29 is 9.90 Å². The van der Waals surface area contributed by atoms with Crippen molar-refractivity contribution in [1.29, 1.82) is 0 Å². The van der Waals surface area contributed by atoms with Crippen LogP contribution in [0.4, 0.5) is 0 Å². The number of rotatable bonds is 4. The Kier molecular flexibility index (Phi) is 4.72. The third kappa shape index (κ3) is 3.73. The van der Waals surface area contributed by atoms with Crippen LogP contribution in [-0.2, 0) is 4.79 Å². The number of allylic oxidation sites excluding steroid dienone is 4. The summed E-state index contributed by atoms with van der Waals surface area (Å²) in [4.78, 5) is 11.2. The molecule has 0 aromatic heterocycles. The molecule has 0 saturated carbocycles. The number of hydrogen-bond donors (Lipinski definition) is 1. The fourth-order valence-electron chi connectivity index (χ4n) is 0.670. The van der Waals surface area contributed by atoms with Crippen LogP contribution in [0.5, 0.6) is 0 Å². The molecule has 12 heavy (non-hydrogen) atoms. The molecular weight excluding hydrogens is 154 g/mol. The molecule has 0 unspecified atom stereocenters. The minimum Gasteiger partial charge on any atom is -0.442 e. The summed E-state index contributed by atoms with van der Waals surface area (Å²) < 4.78 is 0. The largest absolute Gasteiger partial charge is 0.442 e. The lowest BCUT2D eigenvalue weighted by atomic mass is 10.1. The Morgan fingerprint density at radius 3 is 2.58 bits per heavy atom. The van der Waals surface area contributed by atoms with Crippen molar-refractivity contribution in [1.82, 2.24) is 0 Å². The molecule has 0 aliphatic rings. The molecule has 0 heterocycles. The molecule has 3 nitrogen and oxygen atoms in total. The third-order valence-electron chi connectivity index (χ3n) is 1.18. The summed E-state index contributed by atoms with van der Waals surface area (Å²) in [5.74, 6) is -0.218. The molecule has 0 aromatic carbocycles. The number of carbonyl (C=O) groups is 1. The first-order valence-electron chi connectivity index (χ1n) is 3.56. The molecule has 0 aliphatic carbocycles. The minimum atomic E-state index is -0.218. The maximum Gasteiger partial charge on any atom is 0.191 e. The van der Waals surface area contributed by atoms with E-state index in [4.69, 9.17) is 10.8 Å². The van der Waals surface area contributed by atoms with Gasteiger partial charge in [-0.1, -0.05) is 12.7 Å². The number of ketones is 1. The topological polar surface area (TPSA) is 66.0 Å². The highest BCUT2D eigenvalue weighted by Crippen LogP contribution is 1.98. The summed E-state index contributed by atoms with van der Waals surface area (Å²) in [6.45, 7) is 5.03. The maximum atomic E-state index is 11.2. The summed E-state index contributed by atoms with van der Waals surface area (Å²) in [7, 11) is 0. The third-order valence-corrected chi connectivity index (χ3v) is 1.18. The van der Waals surface area contributed by atoms with Crippen LogP contribution in [0.1, 0.15) is 6.92 Å². The first-order valence-corrected chi connectivity index (χ1v) is 3.56. The second-order valence-electron chi connectivity index (χ2n) is 2.36. The predicted molar refractivity (Wildman–Crippen MR) is 49.7 cm³/mol. The zero-order chi connectivity index (χ0) is 9.56. The van der Waals surface area contributed by atoms with Gasteiger partial charge in [0.25, 0.3) is 0 Å². The summed E-state index contributed by atoms with van der Waals surface area (Å²) in [6, 6.07) is 0. The van der Waals surface area contributed by atoms with E-state index in [1.165, 1.54) is 18.2 Å². The standard InChI is InChI=1S/C9H13NO2/c1-3-4-8(6-11)9(12)5-7(2)10/h3-5,11H,1,6,10H2,2H3/p+1/b7-5?,8-4-. The van der Waals surface area contributed by atoms with E-state index in [1.807, 2.05) is 0 Å². The van der Waals surface area contributed by atoms with Crippen molar-refractivity contribution in [2.45, 2.75) is 6.92 Å². The summed E-state index contributed by atoms with van der Waals surface area (Å²) >= 11 is 0. The average Bonchev–Trinajstić information content (AvgIpc) is 1.98. The molecule has 0 saturated heterocycles. The van der Waals surface area contributed by atoms with Gasteiger partial charge < -0.3 is 10.8 Å². The smallest absolute Gasteiger partial charge is 0.191 e. The Morgan fingerprint density at radius 1 is 1.67 bits per heavy atom. The number of carbonyl (C=O) groups excluding carboxylic acids is 1. The quantitative estimate of drug-likeness (QED) is 0.371. The van der Waals surface area contributed by atoms with E-state index < -0.39 is 0 Å². The van der Waals surface area contributed by atoms with Gasteiger partial charge in [-0.3, -0.25) is 4.79 Å². The molecule has 0 atom stereocenters. The van der Waals surface area contributed by atoms with Gasteiger partial charge in [-0.05, 0) is 13.0 Å². The zero-order valence-corrected chi connectivity index (χ0v) is 7.13. The van der Waals surface area contributed by atoms with Crippen LogP contribution in [0.25, 0.3) is 0 Å². The van der Waals surface area contributed by atoms with Crippen molar-refractivity contribution in [2.24, 2.45) is 5.73 Å². The fraction of sp³-hybridized carbons (Fsp3) is 0.222. The molecule has 4 N–H and O–H groups in total. The van der Waals surface area contributed by atoms with E-state index in [2.05, 4.69) is 6.58 Å². The average molecular weight is 168 g/mol. The van der Waals surface area contributed by atoms with Gasteiger partial charge in [0.2, 0.25) is 0 Å². The Bertz CT molecular complexity index is 235. The summed E-state index contributed by atoms with van der Waals surface area (Å²) in [6.07, 6.45) is 4.32. The molecule has 0 rings (SSSR count). The van der Waals surface area contributed by atoms with E-state index >= 15 is 0 Å². The van der Waals surface area contributed by atoms with Gasteiger partial charge in [0.05, 0.1) is 5.57 Å². The Morgan fingerprint density at radius 2 is 2.25 bits per heavy atom. The molecule has 0 amide bonds. The second-order valence-corrected chi connectivity index (χ2v) is 2.36. The van der Waals surface area contributed by atoms with E-state index in [-0.39, 0.29) is 12.4 Å². The molecule has 0 bridgehead atoms. The summed E-state index contributed by atoms with van der Waals surface area (Å²) in [5, 5.41) is 7.03. The lowest BCUT2D eigenvalue weighted by Gasteiger charge is -1.94. The van der Waals surface area contributed by atoms with Crippen molar-refractivity contribution >= 4 is 5.78 Å². The maximum absolute atomic E-state index is 11.2. The minimum absolute atomic E-state index is 0.0470. The van der Waals surface area contributed by atoms with Crippen LogP contribution >= 0.6 is 0 Å². The molecule has 66 valence electrons. The highest BCUT2D eigenvalue weighted by molar-refractivity contribution is 6.04. The number of nitrogens with two attached hydrogens (primary N) is 1. The normalized spacial score (nSPS) is 12.8. The molecule has 3 heteroatoms. The van der Waals surface area contributed by atoms with Gasteiger partial charge in [-0.25, -0.2) is 0 Å². The SMILES string of the molecule is C=C/C=C(/C[OH2+])C(=O)C=C(C)N. The molecule has 0 aromatic rings. The molecular formula is C9H14NO2+. The van der Waals surface area contributed by atoms with E-state index in [0.29, 0.717) is 11.3 Å². The zero-order valence-electron chi connectivity index (χ0n) is 7.13.